The smallest absolute Gasteiger partial charge is 0.407 e. The van der Waals surface area contributed by atoms with Crippen molar-refractivity contribution in [3.05, 3.63) is 35.1 Å². The first-order valence-electron chi connectivity index (χ1n) is 4.15. The fourth-order valence-electron chi connectivity index (χ4n) is 1.43. The van der Waals surface area contributed by atoms with Crippen molar-refractivity contribution in [2.75, 3.05) is 6.61 Å². The molecule has 0 saturated carbocycles. The van der Waals surface area contributed by atoms with Gasteiger partial charge in [0.25, 0.3) is 0 Å². The van der Waals surface area contributed by atoms with E-state index < -0.39 is 29.6 Å². The molecule has 16 heavy (non-hydrogen) atoms. The highest BCUT2D eigenvalue weighted by Gasteiger charge is 2.29. The molecule has 2 rings (SSSR count). The van der Waals surface area contributed by atoms with Gasteiger partial charge in [0.2, 0.25) is 0 Å². The number of amides is 1. The van der Waals surface area contributed by atoms with Crippen molar-refractivity contribution < 1.29 is 22.7 Å². The second-order valence-electron chi connectivity index (χ2n) is 3.08. The summed E-state index contributed by atoms with van der Waals surface area (Å²) in [5.74, 6) is -3.08. The first-order valence-corrected chi connectivity index (χ1v) is 4.15. The van der Waals surface area contributed by atoms with E-state index in [-0.39, 0.29) is 24.6 Å². The number of hydrogen-bond donors (Lipinski definition) is 1. The van der Waals surface area contributed by atoms with Gasteiger partial charge in [-0.25, -0.2) is 18.0 Å². The molecule has 1 aromatic carbocycles. The van der Waals surface area contributed by atoms with Crippen LogP contribution in [0.4, 0.5) is 18.0 Å². The molecule has 0 unspecified atom stereocenters. The van der Waals surface area contributed by atoms with E-state index in [9.17, 15) is 18.0 Å². The van der Waals surface area contributed by atoms with E-state index in [2.05, 4.69) is 10.1 Å². The maximum Gasteiger partial charge on any atom is 0.407 e. The maximum absolute atomic E-state index is 13.2. The van der Waals surface area contributed by atoms with Crippen LogP contribution in [-0.2, 0) is 4.74 Å². The molecule has 0 aromatic heterocycles. The summed E-state index contributed by atoms with van der Waals surface area (Å²) in [6.07, 6.45) is -0.747. The third kappa shape index (κ3) is 2.21. The van der Waals surface area contributed by atoms with E-state index in [4.69, 9.17) is 0 Å². The molecule has 1 aromatic rings. The zero-order valence-electron chi connectivity index (χ0n) is 7.80. The number of hydrogen-bond acceptors (Lipinski definition) is 2. The molecule has 0 aliphatic carbocycles. The molecule has 0 bridgehead atoms. The van der Waals surface area contributed by atoms with Crippen molar-refractivity contribution in [1.29, 1.82) is 0 Å². The molecule has 1 atom stereocenters. The highest BCUT2D eigenvalue weighted by atomic mass is 35.5. The van der Waals surface area contributed by atoms with Crippen LogP contribution in [0.3, 0.4) is 0 Å². The molecule has 1 heterocycles. The van der Waals surface area contributed by atoms with Crippen molar-refractivity contribution in [2.24, 2.45) is 0 Å². The number of halogens is 4. The van der Waals surface area contributed by atoms with Gasteiger partial charge in [-0.1, -0.05) is 0 Å². The lowest BCUT2D eigenvalue weighted by molar-refractivity contribution is 0.176. The number of carbonyl (C=O) groups excluding carboxylic acids is 1. The highest BCUT2D eigenvalue weighted by molar-refractivity contribution is 5.85. The SMILES string of the molecule is Cl.O=C1N[C@@H](c2c(F)cc(F)cc2F)CO1. The zero-order chi connectivity index (χ0) is 11.0. The topological polar surface area (TPSA) is 38.3 Å². The van der Waals surface area contributed by atoms with Crippen molar-refractivity contribution in [2.45, 2.75) is 6.04 Å². The quantitative estimate of drug-likeness (QED) is 0.834. The Morgan fingerprint density at radius 1 is 1.25 bits per heavy atom. The number of nitrogens with one attached hydrogen (secondary N) is 1. The van der Waals surface area contributed by atoms with Gasteiger partial charge in [-0.05, 0) is 0 Å². The summed E-state index contributed by atoms with van der Waals surface area (Å²) < 4.78 is 43.5. The Kier molecular flexibility index (Phi) is 3.64. The Morgan fingerprint density at radius 3 is 2.25 bits per heavy atom. The molecular formula is C9H7ClF3NO2. The van der Waals surface area contributed by atoms with Gasteiger partial charge in [-0.2, -0.15) is 0 Å². The van der Waals surface area contributed by atoms with E-state index >= 15 is 0 Å². The number of carbonyl (C=O) groups is 1. The van der Waals surface area contributed by atoms with E-state index in [1.165, 1.54) is 0 Å². The number of alkyl carbamates (subject to hydrolysis) is 1. The average molecular weight is 254 g/mol. The van der Waals surface area contributed by atoms with Gasteiger partial charge in [-0.15, -0.1) is 12.4 Å². The highest BCUT2D eigenvalue weighted by Crippen LogP contribution is 2.24. The zero-order valence-corrected chi connectivity index (χ0v) is 8.61. The number of cyclic esters (lactones) is 1. The van der Waals surface area contributed by atoms with Crippen LogP contribution in [0.1, 0.15) is 11.6 Å². The summed E-state index contributed by atoms with van der Waals surface area (Å²) in [5.41, 5.74) is -0.387. The van der Waals surface area contributed by atoms with Gasteiger partial charge in [0.1, 0.15) is 24.1 Å². The van der Waals surface area contributed by atoms with Crippen LogP contribution >= 0.6 is 12.4 Å². The summed E-state index contributed by atoms with van der Waals surface area (Å²) in [4.78, 5) is 10.7. The van der Waals surface area contributed by atoms with E-state index in [0.29, 0.717) is 12.1 Å². The van der Waals surface area contributed by atoms with Crippen LogP contribution in [0.2, 0.25) is 0 Å². The minimum atomic E-state index is -1.04. The molecule has 1 aliphatic heterocycles. The van der Waals surface area contributed by atoms with Gasteiger partial charge in [0, 0.05) is 17.7 Å². The van der Waals surface area contributed by atoms with Gasteiger partial charge in [0.05, 0.1) is 6.04 Å². The second-order valence-corrected chi connectivity index (χ2v) is 3.08. The van der Waals surface area contributed by atoms with Crippen molar-refractivity contribution >= 4 is 18.5 Å². The van der Waals surface area contributed by atoms with Gasteiger partial charge in [-0.3, -0.25) is 0 Å². The summed E-state index contributed by atoms with van der Waals surface area (Å²) in [6, 6.07) is 0.212. The van der Waals surface area contributed by atoms with Crippen LogP contribution in [0.25, 0.3) is 0 Å². The molecule has 0 radical (unpaired) electrons. The van der Waals surface area contributed by atoms with Crippen LogP contribution in [-0.4, -0.2) is 12.7 Å². The van der Waals surface area contributed by atoms with Gasteiger partial charge < -0.3 is 10.1 Å². The minimum Gasteiger partial charge on any atom is -0.447 e. The molecule has 3 nitrogen and oxygen atoms in total. The molecule has 1 N–H and O–H groups in total. The minimum absolute atomic E-state index is 0. The Morgan fingerprint density at radius 2 is 1.81 bits per heavy atom. The first-order chi connectivity index (χ1) is 7.08. The van der Waals surface area contributed by atoms with E-state index in [1.807, 2.05) is 0 Å². The molecule has 0 spiro atoms. The Bertz CT molecular complexity index is 404. The number of rotatable bonds is 1. The van der Waals surface area contributed by atoms with Crippen LogP contribution in [0.5, 0.6) is 0 Å². The lowest BCUT2D eigenvalue weighted by Crippen LogP contribution is -2.20. The van der Waals surface area contributed by atoms with Crippen molar-refractivity contribution in [3.8, 4) is 0 Å². The third-order valence-electron chi connectivity index (χ3n) is 2.07. The molecule has 1 fully saturated rings. The molecule has 1 saturated heterocycles. The standard InChI is InChI=1S/C9H6F3NO2.ClH/c10-4-1-5(11)8(6(12)2-4)7-3-15-9(14)13-7;/h1-2,7H,3H2,(H,13,14);1H/t7-;/m1./s1. The summed E-state index contributed by atoms with van der Waals surface area (Å²) in [5, 5.41) is 2.21. The lowest BCUT2D eigenvalue weighted by atomic mass is 10.1. The van der Waals surface area contributed by atoms with Crippen molar-refractivity contribution in [3.63, 3.8) is 0 Å². The molecular weight excluding hydrogens is 247 g/mol. The largest absolute Gasteiger partial charge is 0.447 e. The van der Waals surface area contributed by atoms with Gasteiger partial charge >= 0.3 is 6.09 Å². The molecule has 1 aliphatic rings. The van der Waals surface area contributed by atoms with E-state index in [0.717, 1.165) is 0 Å². The molecule has 88 valence electrons. The fraction of sp³-hybridized carbons (Fsp3) is 0.222. The maximum atomic E-state index is 13.2. The summed E-state index contributed by atoms with van der Waals surface area (Å²) in [6.45, 7) is -0.168. The monoisotopic (exact) mass is 253 g/mol. The predicted octanol–water partition coefficient (Wildman–Crippen LogP) is 2.31. The summed E-state index contributed by atoms with van der Waals surface area (Å²) in [7, 11) is 0. The van der Waals surface area contributed by atoms with E-state index in [1.54, 1.807) is 0 Å². The fourth-order valence-corrected chi connectivity index (χ4v) is 1.43. The first kappa shape index (κ1) is 12.6. The second kappa shape index (κ2) is 4.61. The number of benzene rings is 1. The van der Waals surface area contributed by atoms with Crippen LogP contribution in [0, 0.1) is 17.5 Å². The van der Waals surface area contributed by atoms with Crippen molar-refractivity contribution in [1.82, 2.24) is 5.32 Å². The van der Waals surface area contributed by atoms with Crippen LogP contribution in [0.15, 0.2) is 12.1 Å². The lowest BCUT2D eigenvalue weighted by Gasteiger charge is -2.09. The number of ether oxygens (including phenoxy) is 1. The Balaban J connectivity index is 0.00000128. The molecule has 7 heteroatoms. The molecule has 1 amide bonds. The average Bonchev–Trinajstić information content (AvgIpc) is 2.49. The third-order valence-corrected chi connectivity index (χ3v) is 2.07. The predicted molar refractivity (Wildman–Crippen MR) is 50.8 cm³/mol. The normalized spacial score (nSPS) is 18.7. The van der Waals surface area contributed by atoms with Crippen LogP contribution < -0.4 is 5.32 Å². The summed E-state index contributed by atoms with van der Waals surface area (Å²) >= 11 is 0. The Hall–Kier alpha value is -1.43. The Labute approximate surface area is 95.0 Å². The van der Waals surface area contributed by atoms with Gasteiger partial charge in [0.15, 0.2) is 0 Å².